The molecule has 1 aromatic heterocycles. The lowest BCUT2D eigenvalue weighted by atomic mass is 10.2. The largest absolute Gasteiger partial charge is 0.471 e. The molecule has 0 unspecified atom stereocenters. The summed E-state index contributed by atoms with van der Waals surface area (Å²) >= 11 is 0. The average Bonchev–Trinajstić information content (AvgIpc) is 2.94. The van der Waals surface area contributed by atoms with E-state index >= 15 is 0 Å². The third-order valence-electron chi connectivity index (χ3n) is 2.93. The van der Waals surface area contributed by atoms with E-state index < -0.39 is 12.1 Å². The normalized spacial score (nSPS) is 11.3. The van der Waals surface area contributed by atoms with E-state index in [1.54, 1.807) is 18.2 Å². The van der Waals surface area contributed by atoms with E-state index in [4.69, 9.17) is 0 Å². The van der Waals surface area contributed by atoms with Crippen LogP contribution < -0.4 is 10.2 Å². The van der Waals surface area contributed by atoms with Crippen LogP contribution in [0.25, 0.3) is 0 Å². The van der Waals surface area contributed by atoms with Crippen LogP contribution in [0.2, 0.25) is 0 Å². The van der Waals surface area contributed by atoms with Gasteiger partial charge in [-0.05, 0) is 18.2 Å². The molecular weight excluding hydrogens is 313 g/mol. The fraction of sp³-hybridized carbons (Fsp3) is 0.357. The highest BCUT2D eigenvalue weighted by molar-refractivity contribution is 5.91. The highest BCUT2D eigenvalue weighted by Gasteiger charge is 2.38. The molecule has 0 fully saturated rings. The molecule has 2 rings (SSSR count). The molecule has 9 heteroatoms. The number of hydrogen-bond donors (Lipinski definition) is 1. The van der Waals surface area contributed by atoms with Crippen molar-refractivity contribution in [1.29, 1.82) is 0 Å². The van der Waals surface area contributed by atoms with E-state index in [-0.39, 0.29) is 24.6 Å². The molecule has 0 saturated carbocycles. The quantitative estimate of drug-likeness (QED) is 0.914. The highest BCUT2D eigenvalue weighted by Crippen LogP contribution is 2.27. The van der Waals surface area contributed by atoms with Gasteiger partial charge in [-0.2, -0.15) is 18.2 Å². The lowest BCUT2D eigenvalue weighted by Gasteiger charge is -2.13. The van der Waals surface area contributed by atoms with Crippen molar-refractivity contribution in [1.82, 2.24) is 10.1 Å². The number of aromatic nitrogens is 2. The Bertz CT molecular complexity index is 683. The van der Waals surface area contributed by atoms with Gasteiger partial charge in [0.2, 0.25) is 5.91 Å². The minimum atomic E-state index is -4.68. The summed E-state index contributed by atoms with van der Waals surface area (Å²) in [5.74, 6) is -1.92. The fourth-order valence-corrected chi connectivity index (χ4v) is 1.78. The molecule has 23 heavy (non-hydrogen) atoms. The Kier molecular flexibility index (Phi) is 4.87. The Hall–Kier alpha value is -2.58. The zero-order valence-corrected chi connectivity index (χ0v) is 12.5. The van der Waals surface area contributed by atoms with Gasteiger partial charge in [-0.25, -0.2) is 0 Å². The Morgan fingerprint density at radius 3 is 2.70 bits per heavy atom. The van der Waals surface area contributed by atoms with Crippen molar-refractivity contribution in [3.8, 4) is 0 Å². The Morgan fingerprint density at radius 2 is 2.09 bits per heavy atom. The van der Waals surface area contributed by atoms with Crippen LogP contribution in [0.5, 0.6) is 0 Å². The number of anilines is 2. The summed E-state index contributed by atoms with van der Waals surface area (Å²) in [5, 5.41) is 5.88. The number of aryl methyl sites for hydroxylation is 1. The molecule has 1 aromatic carbocycles. The second-order valence-corrected chi connectivity index (χ2v) is 5.01. The van der Waals surface area contributed by atoms with Crippen molar-refractivity contribution in [3.05, 3.63) is 36.0 Å². The van der Waals surface area contributed by atoms with E-state index in [1.807, 2.05) is 25.1 Å². The van der Waals surface area contributed by atoms with Gasteiger partial charge in [-0.1, -0.05) is 11.2 Å². The highest BCUT2D eigenvalue weighted by atomic mass is 19.4. The van der Waals surface area contributed by atoms with Gasteiger partial charge in [-0.3, -0.25) is 4.79 Å². The Balaban J connectivity index is 1.90. The number of benzene rings is 1. The SMILES string of the molecule is CN(C)c1cccc(NC(=O)CCc2noc(C(F)(F)F)n2)c1. The number of nitrogens with one attached hydrogen (secondary N) is 1. The molecule has 6 nitrogen and oxygen atoms in total. The Morgan fingerprint density at radius 1 is 1.35 bits per heavy atom. The summed E-state index contributed by atoms with van der Waals surface area (Å²) in [7, 11) is 3.74. The van der Waals surface area contributed by atoms with E-state index in [0.717, 1.165) is 5.69 Å². The van der Waals surface area contributed by atoms with Crippen LogP contribution in [0, 0.1) is 0 Å². The van der Waals surface area contributed by atoms with Gasteiger partial charge in [0, 0.05) is 38.3 Å². The lowest BCUT2D eigenvalue weighted by molar-refractivity contribution is -0.159. The first kappa shape index (κ1) is 16.8. The topological polar surface area (TPSA) is 71.3 Å². The maximum atomic E-state index is 12.3. The second kappa shape index (κ2) is 6.67. The van der Waals surface area contributed by atoms with Crippen LogP contribution in [0.4, 0.5) is 24.5 Å². The fourth-order valence-electron chi connectivity index (χ4n) is 1.78. The molecule has 1 heterocycles. The lowest BCUT2D eigenvalue weighted by Crippen LogP contribution is -2.14. The van der Waals surface area contributed by atoms with Gasteiger partial charge >= 0.3 is 12.1 Å². The molecular formula is C14H15F3N4O2. The first-order valence-corrected chi connectivity index (χ1v) is 6.73. The molecule has 124 valence electrons. The average molecular weight is 328 g/mol. The standard InChI is InChI=1S/C14H15F3N4O2/c1-21(2)10-5-3-4-9(8-10)18-12(22)7-6-11-19-13(23-20-11)14(15,16)17/h3-5,8H,6-7H2,1-2H3,(H,18,22). The molecule has 0 saturated heterocycles. The van der Waals surface area contributed by atoms with E-state index in [9.17, 15) is 18.0 Å². The first-order valence-electron chi connectivity index (χ1n) is 6.73. The number of nitrogens with zero attached hydrogens (tertiary/aromatic N) is 3. The van der Waals surface area contributed by atoms with E-state index in [0.29, 0.717) is 5.69 Å². The third-order valence-corrected chi connectivity index (χ3v) is 2.93. The smallest absolute Gasteiger partial charge is 0.378 e. The zero-order valence-electron chi connectivity index (χ0n) is 12.5. The van der Waals surface area contributed by atoms with Crippen LogP contribution in [0.3, 0.4) is 0 Å². The molecule has 0 bridgehead atoms. The van der Waals surface area contributed by atoms with Gasteiger partial charge in [0.05, 0.1) is 0 Å². The first-order chi connectivity index (χ1) is 10.8. The number of halogens is 3. The van der Waals surface area contributed by atoms with Crippen molar-refractivity contribution in [2.45, 2.75) is 19.0 Å². The van der Waals surface area contributed by atoms with Crippen LogP contribution in [-0.2, 0) is 17.4 Å². The van der Waals surface area contributed by atoms with Gasteiger partial charge in [0.15, 0.2) is 5.82 Å². The minimum absolute atomic E-state index is 0.0429. The molecule has 0 spiro atoms. The Labute approximate surface area is 130 Å². The molecule has 0 aliphatic carbocycles. The number of alkyl halides is 3. The van der Waals surface area contributed by atoms with Crippen LogP contribution >= 0.6 is 0 Å². The molecule has 0 atom stereocenters. The third kappa shape index (κ3) is 4.70. The summed E-state index contributed by atoms with van der Waals surface area (Å²) in [5.41, 5.74) is 1.51. The van der Waals surface area contributed by atoms with E-state index in [2.05, 4.69) is 20.0 Å². The minimum Gasteiger partial charge on any atom is -0.378 e. The molecule has 1 amide bonds. The van der Waals surface area contributed by atoms with Crippen LogP contribution in [0.1, 0.15) is 18.1 Å². The van der Waals surface area contributed by atoms with Crippen molar-refractivity contribution < 1.29 is 22.5 Å². The van der Waals surface area contributed by atoms with Crippen molar-refractivity contribution >= 4 is 17.3 Å². The van der Waals surface area contributed by atoms with Crippen molar-refractivity contribution in [2.75, 3.05) is 24.3 Å². The van der Waals surface area contributed by atoms with Gasteiger partial charge < -0.3 is 14.7 Å². The number of carbonyl (C=O) groups excluding carboxylic acids is 1. The molecule has 1 N–H and O–H groups in total. The number of rotatable bonds is 5. The maximum absolute atomic E-state index is 12.3. The zero-order chi connectivity index (χ0) is 17.0. The van der Waals surface area contributed by atoms with Crippen LogP contribution in [0.15, 0.2) is 28.8 Å². The van der Waals surface area contributed by atoms with Gasteiger partial charge in [0.25, 0.3) is 0 Å². The summed E-state index contributed by atoms with van der Waals surface area (Å²) in [6, 6.07) is 7.18. The van der Waals surface area contributed by atoms with Gasteiger partial charge in [0.1, 0.15) is 0 Å². The van der Waals surface area contributed by atoms with Crippen molar-refractivity contribution in [3.63, 3.8) is 0 Å². The summed E-state index contributed by atoms with van der Waals surface area (Å²) in [4.78, 5) is 16.9. The summed E-state index contributed by atoms with van der Waals surface area (Å²) in [6.07, 6.45) is -4.78. The summed E-state index contributed by atoms with van der Waals surface area (Å²) < 4.78 is 41.0. The molecule has 0 aliphatic heterocycles. The second-order valence-electron chi connectivity index (χ2n) is 5.01. The summed E-state index contributed by atoms with van der Waals surface area (Å²) in [6.45, 7) is 0. The number of carbonyl (C=O) groups is 1. The van der Waals surface area contributed by atoms with Crippen molar-refractivity contribution in [2.24, 2.45) is 0 Å². The van der Waals surface area contributed by atoms with Crippen LogP contribution in [-0.4, -0.2) is 30.1 Å². The number of hydrogen-bond acceptors (Lipinski definition) is 5. The predicted molar refractivity (Wildman–Crippen MR) is 77.0 cm³/mol. The molecule has 0 aliphatic rings. The predicted octanol–water partition coefficient (Wildman–Crippen LogP) is 2.73. The molecule has 0 radical (unpaired) electrons. The van der Waals surface area contributed by atoms with E-state index in [1.165, 1.54) is 0 Å². The number of amides is 1. The molecule has 2 aromatic rings. The monoisotopic (exact) mass is 328 g/mol. The maximum Gasteiger partial charge on any atom is 0.471 e. The van der Waals surface area contributed by atoms with Gasteiger partial charge in [-0.15, -0.1) is 0 Å².